The maximum absolute atomic E-state index is 6.31. The number of hydrogen-bond acceptors (Lipinski definition) is 5. The molecule has 0 radical (unpaired) electrons. The van der Waals surface area contributed by atoms with Crippen molar-refractivity contribution < 1.29 is 0 Å². The van der Waals surface area contributed by atoms with Gasteiger partial charge in [0.25, 0.3) is 0 Å². The van der Waals surface area contributed by atoms with E-state index in [9.17, 15) is 0 Å². The zero-order valence-corrected chi connectivity index (χ0v) is 20.3. The number of hydrogen-bond donors (Lipinski definition) is 1. The number of anilines is 2. The van der Waals surface area contributed by atoms with Crippen molar-refractivity contribution >= 4 is 33.5 Å². The first kappa shape index (κ1) is 23.0. The zero-order chi connectivity index (χ0) is 22.9. The Morgan fingerprint density at radius 3 is 2.33 bits per heavy atom. The summed E-state index contributed by atoms with van der Waals surface area (Å²) in [6, 6.07) is 20.5. The van der Waals surface area contributed by atoms with Crippen molar-refractivity contribution in [2.75, 3.05) is 49.1 Å². The number of guanidine groups is 1. The standard InChI is InChI=1S/C25H30BrN7/c26-22-10-8-21(9-11-22)20-33(24-7-2-4-13-29-24)15-5-14-30-25(27)32-18-16-31(17-19-32)23-6-1-3-12-28-23/h1-4,6-13H,5,14-20H2,(H2,27,30). The highest BCUT2D eigenvalue weighted by Crippen LogP contribution is 2.17. The van der Waals surface area contributed by atoms with Gasteiger partial charge in [-0.25, -0.2) is 9.97 Å². The average Bonchev–Trinajstić information content (AvgIpc) is 2.88. The van der Waals surface area contributed by atoms with E-state index in [0.29, 0.717) is 12.5 Å². The lowest BCUT2D eigenvalue weighted by atomic mass is 10.2. The van der Waals surface area contributed by atoms with Gasteiger partial charge in [-0.3, -0.25) is 4.99 Å². The maximum Gasteiger partial charge on any atom is 0.191 e. The number of aromatic nitrogens is 2. The van der Waals surface area contributed by atoms with E-state index >= 15 is 0 Å². The summed E-state index contributed by atoms with van der Waals surface area (Å²) in [4.78, 5) is 20.4. The lowest BCUT2D eigenvalue weighted by Gasteiger charge is -2.35. The second-order valence-electron chi connectivity index (χ2n) is 7.99. The molecule has 2 aromatic heterocycles. The van der Waals surface area contributed by atoms with Crippen LogP contribution in [0.15, 0.2) is 82.5 Å². The third kappa shape index (κ3) is 6.68. The lowest BCUT2D eigenvalue weighted by Crippen LogP contribution is -2.51. The smallest absolute Gasteiger partial charge is 0.191 e. The Kier molecular flexibility index (Phi) is 8.14. The molecule has 33 heavy (non-hydrogen) atoms. The number of nitrogens with zero attached hydrogens (tertiary/aromatic N) is 6. The number of benzene rings is 1. The molecule has 172 valence electrons. The number of halogens is 1. The number of aliphatic imine (C=N–C) groups is 1. The number of piperazine rings is 1. The zero-order valence-electron chi connectivity index (χ0n) is 18.7. The molecule has 0 spiro atoms. The van der Waals surface area contributed by atoms with Gasteiger partial charge < -0.3 is 20.4 Å². The average molecular weight is 508 g/mol. The van der Waals surface area contributed by atoms with Gasteiger partial charge in [-0.05, 0) is 48.4 Å². The van der Waals surface area contributed by atoms with E-state index in [0.717, 1.165) is 61.8 Å². The van der Waals surface area contributed by atoms with Crippen LogP contribution >= 0.6 is 15.9 Å². The van der Waals surface area contributed by atoms with Crippen LogP contribution in [0.3, 0.4) is 0 Å². The Morgan fingerprint density at radius 2 is 1.67 bits per heavy atom. The van der Waals surface area contributed by atoms with Gasteiger partial charge in [-0.2, -0.15) is 0 Å². The van der Waals surface area contributed by atoms with Crippen molar-refractivity contribution in [2.24, 2.45) is 10.7 Å². The van der Waals surface area contributed by atoms with Crippen LogP contribution in [0.5, 0.6) is 0 Å². The quantitative estimate of drug-likeness (QED) is 0.284. The largest absolute Gasteiger partial charge is 0.370 e. The lowest BCUT2D eigenvalue weighted by molar-refractivity contribution is 0.379. The molecule has 3 aromatic rings. The third-order valence-corrected chi connectivity index (χ3v) is 6.23. The van der Waals surface area contributed by atoms with Gasteiger partial charge in [-0.1, -0.05) is 40.2 Å². The fourth-order valence-electron chi connectivity index (χ4n) is 3.89. The van der Waals surface area contributed by atoms with Crippen molar-refractivity contribution in [3.8, 4) is 0 Å². The molecule has 0 aliphatic carbocycles. The first-order valence-corrected chi connectivity index (χ1v) is 12.1. The van der Waals surface area contributed by atoms with Crippen LogP contribution in [-0.4, -0.2) is 60.1 Å². The summed E-state index contributed by atoms with van der Waals surface area (Å²) in [5.74, 6) is 2.63. The van der Waals surface area contributed by atoms with E-state index in [2.05, 4.69) is 82.0 Å². The maximum atomic E-state index is 6.31. The molecule has 1 saturated heterocycles. The summed E-state index contributed by atoms with van der Waals surface area (Å²) in [5.41, 5.74) is 7.56. The summed E-state index contributed by atoms with van der Waals surface area (Å²) in [7, 11) is 0. The summed E-state index contributed by atoms with van der Waals surface area (Å²) in [5, 5.41) is 0. The summed E-state index contributed by atoms with van der Waals surface area (Å²) < 4.78 is 1.08. The number of nitrogens with two attached hydrogens (primary N) is 1. The van der Waals surface area contributed by atoms with Crippen LogP contribution in [0.4, 0.5) is 11.6 Å². The molecule has 8 heteroatoms. The highest BCUT2D eigenvalue weighted by molar-refractivity contribution is 9.10. The first-order valence-electron chi connectivity index (χ1n) is 11.3. The predicted octanol–water partition coefficient (Wildman–Crippen LogP) is 3.77. The second-order valence-corrected chi connectivity index (χ2v) is 8.91. The minimum Gasteiger partial charge on any atom is -0.370 e. The Balaban J connectivity index is 1.28. The number of rotatable bonds is 8. The minimum absolute atomic E-state index is 0.632. The van der Waals surface area contributed by atoms with Crippen LogP contribution in [0.1, 0.15) is 12.0 Å². The summed E-state index contributed by atoms with van der Waals surface area (Å²) in [6.07, 6.45) is 4.58. The van der Waals surface area contributed by atoms with E-state index in [4.69, 9.17) is 5.73 Å². The van der Waals surface area contributed by atoms with Gasteiger partial charge in [0.15, 0.2) is 5.96 Å². The van der Waals surface area contributed by atoms with Gasteiger partial charge in [0.1, 0.15) is 11.6 Å². The van der Waals surface area contributed by atoms with Crippen molar-refractivity contribution in [3.63, 3.8) is 0 Å². The molecule has 1 aromatic carbocycles. The molecule has 0 unspecified atom stereocenters. The predicted molar refractivity (Wildman–Crippen MR) is 139 cm³/mol. The van der Waals surface area contributed by atoms with Crippen molar-refractivity contribution in [2.45, 2.75) is 13.0 Å². The van der Waals surface area contributed by atoms with Gasteiger partial charge in [0.05, 0.1) is 0 Å². The topological polar surface area (TPSA) is 73.9 Å². The monoisotopic (exact) mass is 507 g/mol. The van der Waals surface area contributed by atoms with Crippen LogP contribution in [0.2, 0.25) is 0 Å². The fourth-order valence-corrected chi connectivity index (χ4v) is 4.15. The molecular formula is C25H30BrN7. The van der Waals surface area contributed by atoms with Crippen LogP contribution in [0.25, 0.3) is 0 Å². The molecule has 4 rings (SSSR count). The van der Waals surface area contributed by atoms with E-state index in [1.807, 2.05) is 36.7 Å². The minimum atomic E-state index is 0.632. The van der Waals surface area contributed by atoms with E-state index in [1.165, 1.54) is 5.56 Å². The van der Waals surface area contributed by atoms with Gasteiger partial charge in [0.2, 0.25) is 0 Å². The highest BCUT2D eigenvalue weighted by atomic mass is 79.9. The molecule has 1 aliphatic heterocycles. The Bertz CT molecular complexity index is 1000. The molecule has 0 atom stereocenters. The molecule has 1 aliphatic rings. The summed E-state index contributed by atoms with van der Waals surface area (Å²) >= 11 is 3.51. The molecule has 0 bridgehead atoms. The van der Waals surface area contributed by atoms with Crippen molar-refractivity contribution in [3.05, 3.63) is 83.1 Å². The molecule has 0 amide bonds. The fraction of sp³-hybridized carbons (Fsp3) is 0.320. The normalized spacial score (nSPS) is 14.4. The molecule has 0 saturated carbocycles. The third-order valence-electron chi connectivity index (χ3n) is 5.70. The highest BCUT2D eigenvalue weighted by Gasteiger charge is 2.19. The molecule has 3 heterocycles. The Morgan fingerprint density at radius 1 is 0.939 bits per heavy atom. The molecular weight excluding hydrogens is 478 g/mol. The molecule has 2 N–H and O–H groups in total. The molecule has 7 nitrogen and oxygen atoms in total. The van der Waals surface area contributed by atoms with Gasteiger partial charge in [0, 0.05) is 62.7 Å². The SMILES string of the molecule is NC(=NCCCN(Cc1ccc(Br)cc1)c1ccccn1)N1CCN(c2ccccn2)CC1. The molecule has 1 fully saturated rings. The Labute approximate surface area is 204 Å². The van der Waals surface area contributed by atoms with Crippen molar-refractivity contribution in [1.29, 1.82) is 0 Å². The van der Waals surface area contributed by atoms with Crippen LogP contribution < -0.4 is 15.5 Å². The van der Waals surface area contributed by atoms with E-state index < -0.39 is 0 Å². The van der Waals surface area contributed by atoms with E-state index in [-0.39, 0.29) is 0 Å². The second kappa shape index (κ2) is 11.7. The van der Waals surface area contributed by atoms with Crippen molar-refractivity contribution in [1.82, 2.24) is 14.9 Å². The summed E-state index contributed by atoms with van der Waals surface area (Å²) in [6.45, 7) is 5.86. The number of pyridine rings is 2. The first-order chi connectivity index (χ1) is 16.2. The van der Waals surface area contributed by atoms with Gasteiger partial charge in [-0.15, -0.1) is 0 Å². The van der Waals surface area contributed by atoms with Crippen LogP contribution in [-0.2, 0) is 6.54 Å². The van der Waals surface area contributed by atoms with Crippen LogP contribution in [0, 0.1) is 0 Å². The van der Waals surface area contributed by atoms with Gasteiger partial charge >= 0.3 is 0 Å². The van der Waals surface area contributed by atoms with E-state index in [1.54, 1.807) is 0 Å². The Hall–Kier alpha value is -3.13.